The molecule has 6 aliphatic rings. The zero-order valence-electron chi connectivity index (χ0n) is 33.7. The van der Waals surface area contributed by atoms with E-state index < -0.39 is 17.0 Å². The third-order valence-electron chi connectivity index (χ3n) is 16.1. The molecule has 2 saturated carbocycles. The molecule has 1 N–H and O–H groups in total. The van der Waals surface area contributed by atoms with E-state index in [0.29, 0.717) is 36.8 Å². The number of rotatable bonds is 5. The van der Waals surface area contributed by atoms with Gasteiger partial charge in [0.1, 0.15) is 17.5 Å². The molecule has 6 atom stereocenters. The van der Waals surface area contributed by atoms with Crippen molar-refractivity contribution in [1.29, 1.82) is 0 Å². The molecule has 0 radical (unpaired) electrons. The predicted octanol–water partition coefficient (Wildman–Crippen LogP) is 6.97. The number of carbonyl (C=O) groups excluding carboxylic acids is 1. The number of hydrogen-bond donors (Lipinski definition) is 1. The van der Waals surface area contributed by atoms with E-state index in [1.807, 2.05) is 17.0 Å². The van der Waals surface area contributed by atoms with E-state index in [1.165, 1.54) is 29.8 Å². The summed E-state index contributed by atoms with van der Waals surface area (Å²) in [7, 11) is 2.19. The van der Waals surface area contributed by atoms with Crippen molar-refractivity contribution in [1.82, 2.24) is 35.5 Å². The Hall–Kier alpha value is -4.42. The van der Waals surface area contributed by atoms with Gasteiger partial charge in [-0.2, -0.15) is 20.4 Å². The Bertz CT molecular complexity index is 2310. The first-order valence-corrected chi connectivity index (χ1v) is 20.7. The Labute approximate surface area is 332 Å². The minimum Gasteiger partial charge on any atom is -0.367 e. The van der Waals surface area contributed by atoms with Gasteiger partial charge >= 0.3 is 0 Å². The van der Waals surface area contributed by atoms with Crippen LogP contribution >= 0.6 is 0 Å². The second-order valence-corrected chi connectivity index (χ2v) is 18.8. The number of benzene rings is 2. The van der Waals surface area contributed by atoms with Gasteiger partial charge in [-0.05, 0) is 103 Å². The average molecular weight is 777 g/mol. The highest BCUT2D eigenvalue weighted by Crippen LogP contribution is 2.70. The largest absolute Gasteiger partial charge is 0.367 e. The average Bonchev–Trinajstić information content (AvgIpc) is 3.76. The van der Waals surface area contributed by atoms with Crippen LogP contribution in [0.25, 0.3) is 22.5 Å². The van der Waals surface area contributed by atoms with Gasteiger partial charge in [-0.1, -0.05) is 39.8 Å². The number of nitrogens with zero attached hydrogens (tertiary/aromatic N) is 7. The van der Waals surface area contributed by atoms with Crippen LogP contribution < -0.4 is 10.2 Å². The molecule has 10 rings (SSSR count). The van der Waals surface area contributed by atoms with Crippen LogP contribution in [-0.4, -0.2) is 94.5 Å². The molecule has 2 unspecified atom stereocenters. The van der Waals surface area contributed by atoms with Gasteiger partial charge in [0.25, 0.3) is 0 Å². The molecular formula is C45H51F3N8O. The van der Waals surface area contributed by atoms with E-state index in [0.717, 1.165) is 68.0 Å². The first-order chi connectivity index (χ1) is 27.2. The van der Waals surface area contributed by atoms with Crippen LogP contribution in [0.2, 0.25) is 0 Å². The lowest BCUT2D eigenvalue weighted by Crippen LogP contribution is -2.65. The Kier molecular flexibility index (Phi) is 8.12. The number of fused-ring (bicyclic) bond motifs is 10. The summed E-state index contributed by atoms with van der Waals surface area (Å²) in [5, 5.41) is 23.0. The molecule has 57 heavy (non-hydrogen) atoms. The smallest absolute Gasteiger partial charge is 0.219 e. The number of piperazine rings is 2. The van der Waals surface area contributed by atoms with Gasteiger partial charge in [0.2, 0.25) is 5.91 Å². The van der Waals surface area contributed by atoms with Crippen LogP contribution in [0, 0.1) is 28.3 Å². The third-order valence-corrected chi connectivity index (χ3v) is 16.1. The van der Waals surface area contributed by atoms with Crippen molar-refractivity contribution in [2.45, 2.75) is 95.1 Å². The summed E-state index contributed by atoms with van der Waals surface area (Å²) in [6.45, 7) is 15.1. The Morgan fingerprint density at radius 3 is 1.93 bits per heavy atom. The molecule has 0 spiro atoms. The number of hydrogen-bond acceptors (Lipinski definition) is 8. The normalized spacial score (nSPS) is 30.8. The maximum atomic E-state index is 16.5. The minimum atomic E-state index is -0.684. The monoisotopic (exact) mass is 776 g/mol. The van der Waals surface area contributed by atoms with E-state index in [4.69, 9.17) is 15.3 Å². The topological polar surface area (TPSA) is 90.4 Å². The quantitative estimate of drug-likeness (QED) is 0.233. The standard InChI is InChI=1S/C45H51F3N8O/c1-25(57)56-20-19-55(24-37(56)45-16-14-29(43(45,4)5)27-21-33(50-53-41(27)45)38-30(46)9-7-10-31(38)47)35-12-8-11-32(48)39(35)34-22-26-28-13-15-44(42(28,2)3,40(26)52-51-34)36-23-54(6)18-17-49-36/h7-12,21-22,28-29,36-37,49H,13-20,23-24H2,1-6H3/t28-,29-,36-,37+,44?,45?/m0/s1. The second kappa shape index (κ2) is 12.5. The molecule has 4 fully saturated rings. The summed E-state index contributed by atoms with van der Waals surface area (Å²) < 4.78 is 46.4. The molecule has 298 valence electrons. The van der Waals surface area contributed by atoms with Crippen molar-refractivity contribution in [3.63, 3.8) is 0 Å². The first kappa shape index (κ1) is 36.9. The predicted molar refractivity (Wildman–Crippen MR) is 212 cm³/mol. The van der Waals surface area contributed by atoms with Gasteiger partial charge in [-0.15, -0.1) is 0 Å². The highest BCUT2D eigenvalue weighted by Gasteiger charge is 2.69. The van der Waals surface area contributed by atoms with Crippen LogP contribution in [0.5, 0.6) is 0 Å². The molecule has 4 aromatic rings. The molecule has 4 heterocycles. The summed E-state index contributed by atoms with van der Waals surface area (Å²) in [6, 6.07) is 12.9. The number of halogens is 3. The molecule has 4 aliphatic carbocycles. The van der Waals surface area contributed by atoms with E-state index in [2.05, 4.69) is 61.0 Å². The first-order valence-electron chi connectivity index (χ1n) is 20.7. The summed E-state index contributed by atoms with van der Waals surface area (Å²) in [6.07, 6.45) is 3.73. The number of nitrogens with one attached hydrogen (secondary N) is 1. The molecule has 9 nitrogen and oxygen atoms in total. The molecule has 2 aliphatic heterocycles. The van der Waals surface area contributed by atoms with Crippen molar-refractivity contribution in [2.24, 2.45) is 10.8 Å². The van der Waals surface area contributed by atoms with E-state index in [-0.39, 0.29) is 57.2 Å². The summed E-state index contributed by atoms with van der Waals surface area (Å²) >= 11 is 0. The number of amides is 1. The summed E-state index contributed by atoms with van der Waals surface area (Å²) in [5.74, 6) is -1.41. The van der Waals surface area contributed by atoms with Crippen LogP contribution in [0.1, 0.15) is 94.7 Å². The van der Waals surface area contributed by atoms with Gasteiger partial charge in [-0.3, -0.25) is 4.79 Å². The number of carbonyl (C=O) groups is 1. The fourth-order valence-electron chi connectivity index (χ4n) is 13.3. The Morgan fingerprint density at radius 2 is 1.30 bits per heavy atom. The lowest BCUT2D eigenvalue weighted by molar-refractivity contribution is -0.134. The van der Waals surface area contributed by atoms with Crippen LogP contribution in [-0.2, 0) is 15.6 Å². The number of aromatic nitrogens is 4. The fraction of sp³-hybridized carbons (Fsp3) is 0.533. The number of anilines is 1. The molecule has 4 bridgehead atoms. The van der Waals surface area contributed by atoms with Crippen molar-refractivity contribution in [3.8, 4) is 22.5 Å². The Balaban J connectivity index is 1.04. The second-order valence-electron chi connectivity index (χ2n) is 18.8. The van der Waals surface area contributed by atoms with Gasteiger partial charge in [0.15, 0.2) is 0 Å². The van der Waals surface area contributed by atoms with Gasteiger partial charge in [-0.25, -0.2) is 13.2 Å². The van der Waals surface area contributed by atoms with E-state index in [1.54, 1.807) is 13.0 Å². The third kappa shape index (κ3) is 4.80. The maximum Gasteiger partial charge on any atom is 0.219 e. The maximum absolute atomic E-state index is 16.5. The summed E-state index contributed by atoms with van der Waals surface area (Å²) in [4.78, 5) is 20.1. The highest BCUT2D eigenvalue weighted by molar-refractivity contribution is 5.79. The van der Waals surface area contributed by atoms with E-state index >= 15 is 4.39 Å². The summed E-state index contributed by atoms with van der Waals surface area (Å²) in [5.41, 5.74) is 4.48. The lowest BCUT2D eigenvalue weighted by Gasteiger charge is -2.53. The fourth-order valence-corrected chi connectivity index (χ4v) is 13.3. The lowest BCUT2D eigenvalue weighted by atomic mass is 9.63. The van der Waals surface area contributed by atoms with E-state index in [9.17, 15) is 13.6 Å². The zero-order valence-corrected chi connectivity index (χ0v) is 33.7. The molecule has 2 aromatic carbocycles. The van der Waals surface area contributed by atoms with Crippen molar-refractivity contribution < 1.29 is 18.0 Å². The van der Waals surface area contributed by atoms with Crippen molar-refractivity contribution >= 4 is 11.6 Å². The van der Waals surface area contributed by atoms with Gasteiger partial charge in [0.05, 0.1) is 39.9 Å². The van der Waals surface area contributed by atoms with Gasteiger partial charge in [0, 0.05) is 68.8 Å². The SMILES string of the molecule is CC(=O)N1CCN(c2cccc(F)c2-c2cc3c(nn2)C2([C@@H]4CN(C)CCN4)CC[C@@H]3C2(C)C)C[C@@H]1C12CC[C@@H](c3cc(-c4c(F)cccc4F)nnc31)C2(C)C. The Morgan fingerprint density at radius 1 is 0.737 bits per heavy atom. The molecule has 2 aromatic heterocycles. The highest BCUT2D eigenvalue weighted by atomic mass is 19.1. The molecule has 12 heteroatoms. The van der Waals surface area contributed by atoms with Crippen molar-refractivity contribution in [3.05, 3.63) is 88.5 Å². The van der Waals surface area contributed by atoms with Crippen molar-refractivity contribution in [2.75, 3.05) is 51.2 Å². The van der Waals surface area contributed by atoms with Crippen LogP contribution in [0.15, 0.2) is 48.5 Å². The number of likely N-dealkylation sites (N-methyl/N-ethyl adjacent to an activating group) is 1. The molecule has 1 amide bonds. The molecular weight excluding hydrogens is 726 g/mol. The zero-order chi connectivity index (χ0) is 39.8. The van der Waals surface area contributed by atoms with Crippen LogP contribution in [0.3, 0.4) is 0 Å². The van der Waals surface area contributed by atoms with Crippen LogP contribution in [0.4, 0.5) is 18.9 Å². The minimum absolute atomic E-state index is 0.0334. The van der Waals surface area contributed by atoms with Gasteiger partial charge < -0.3 is 20.0 Å². The molecule has 2 saturated heterocycles.